The molecule has 0 saturated carbocycles. The van der Waals surface area contributed by atoms with Crippen LogP contribution in [0.5, 0.6) is 0 Å². The fourth-order valence-electron chi connectivity index (χ4n) is 5.61. The van der Waals surface area contributed by atoms with Crippen molar-refractivity contribution in [3.8, 4) is 0 Å². The van der Waals surface area contributed by atoms with Crippen molar-refractivity contribution in [3.63, 3.8) is 0 Å². The monoisotopic (exact) mass is 471 g/mol. The maximum Gasteiger partial charge on any atom is 0.0814 e. The van der Waals surface area contributed by atoms with Gasteiger partial charge in [-0.3, -0.25) is 0 Å². The molecule has 0 amide bonds. The molecule has 0 fully saturated rings. The Labute approximate surface area is 217 Å². The molecule has 0 N–H and O–H groups in total. The van der Waals surface area contributed by atoms with Crippen molar-refractivity contribution in [3.05, 3.63) is 89.5 Å². The van der Waals surface area contributed by atoms with E-state index in [0.717, 1.165) is 0 Å². The zero-order valence-corrected chi connectivity index (χ0v) is 23.9. The van der Waals surface area contributed by atoms with Gasteiger partial charge in [0, 0.05) is 0 Å². The molecule has 0 atom stereocenters. The van der Waals surface area contributed by atoms with Gasteiger partial charge in [-0.2, -0.15) is 22.7 Å². The highest BCUT2D eigenvalue weighted by atomic mass is 15.3. The number of quaternary nitrogens is 1. The van der Waals surface area contributed by atoms with Crippen LogP contribution in [0.25, 0.3) is 0 Å². The summed E-state index contributed by atoms with van der Waals surface area (Å²) in [5, 5.41) is 0. The quantitative estimate of drug-likeness (QED) is 0.226. The number of benzene rings is 3. The lowest BCUT2D eigenvalue weighted by atomic mass is 9.14. The summed E-state index contributed by atoms with van der Waals surface area (Å²) in [5.41, 5.74) is 8.33. The normalized spacial score (nSPS) is 11.7. The van der Waals surface area contributed by atoms with E-state index in [1.807, 2.05) is 0 Å². The van der Waals surface area contributed by atoms with Crippen molar-refractivity contribution < 1.29 is 4.48 Å². The summed E-state index contributed by atoms with van der Waals surface area (Å²) in [6.07, 6.45) is 2.68. The van der Waals surface area contributed by atoms with Crippen molar-refractivity contribution in [2.24, 2.45) is 0 Å². The molecule has 0 bridgehead atoms. The number of rotatable bonds is 10. The SMILES string of the molecule is CCCC[B-](c1ccc(C)cc1)(c1ccc(C)cc1)c1ccc(C)cc1.CC[N+](CC)(CC)CC. The standard InChI is InChI=1S/C25H30B.C8H20N/c1-5-6-19-26(23-13-7-20(2)8-14-23,24-15-9-21(3)10-16-24)25-17-11-22(4)12-18-25;1-5-9(6-2,7-3)8-4/h7-18H,5-6,19H2,1-4H3;5-8H2,1-4H3/q-1;+1. The van der Waals surface area contributed by atoms with E-state index in [9.17, 15) is 0 Å². The molecular weight excluding hydrogens is 421 g/mol. The van der Waals surface area contributed by atoms with Gasteiger partial charge in [-0.25, -0.2) is 0 Å². The molecule has 0 saturated heterocycles. The van der Waals surface area contributed by atoms with E-state index in [1.165, 1.54) is 82.9 Å². The third-order valence-electron chi connectivity index (χ3n) is 8.61. The molecule has 0 spiro atoms. The van der Waals surface area contributed by atoms with Gasteiger partial charge in [0.15, 0.2) is 0 Å². The Morgan fingerprint density at radius 2 is 0.771 bits per heavy atom. The molecule has 3 aromatic carbocycles. The topological polar surface area (TPSA) is 0 Å². The van der Waals surface area contributed by atoms with Crippen LogP contribution in [0, 0.1) is 20.8 Å². The van der Waals surface area contributed by atoms with Crippen molar-refractivity contribution in [2.75, 3.05) is 26.2 Å². The number of hydrogen-bond donors (Lipinski definition) is 0. The second kappa shape index (κ2) is 13.7. The molecule has 0 aliphatic heterocycles. The Hall–Kier alpha value is -2.32. The van der Waals surface area contributed by atoms with Crippen LogP contribution in [0.3, 0.4) is 0 Å². The van der Waals surface area contributed by atoms with E-state index in [-0.39, 0.29) is 0 Å². The molecule has 0 radical (unpaired) electrons. The Morgan fingerprint density at radius 1 is 0.486 bits per heavy atom. The largest absolute Gasteiger partial charge is 0.325 e. The Kier molecular flexibility index (Phi) is 11.3. The van der Waals surface area contributed by atoms with Crippen molar-refractivity contribution in [1.82, 2.24) is 0 Å². The average Bonchev–Trinajstić information content (AvgIpc) is 2.89. The number of aryl methyl sites for hydroxylation is 3. The lowest BCUT2D eigenvalue weighted by Gasteiger charge is -2.43. The predicted octanol–water partition coefficient (Wildman–Crippen LogP) is 6.76. The van der Waals surface area contributed by atoms with E-state index in [2.05, 4.69) is 128 Å². The number of unbranched alkanes of at least 4 members (excludes halogenated alkanes) is 1. The molecular formula is C33H50BN. The van der Waals surface area contributed by atoms with Crippen LogP contribution in [0.15, 0.2) is 72.8 Å². The molecule has 1 nitrogen and oxygen atoms in total. The summed E-state index contributed by atoms with van der Waals surface area (Å²) in [4.78, 5) is 0. The summed E-state index contributed by atoms with van der Waals surface area (Å²) < 4.78 is 1.28. The summed E-state index contributed by atoms with van der Waals surface area (Å²) in [6.45, 7) is 23.0. The molecule has 190 valence electrons. The maximum absolute atomic E-state index is 2.35. The van der Waals surface area contributed by atoms with Gasteiger partial charge in [0.2, 0.25) is 0 Å². The molecule has 2 heteroatoms. The third kappa shape index (κ3) is 7.11. The van der Waals surface area contributed by atoms with Gasteiger partial charge in [-0.15, -0.1) is 0 Å². The van der Waals surface area contributed by atoms with Crippen molar-refractivity contribution >= 4 is 22.5 Å². The van der Waals surface area contributed by atoms with E-state index >= 15 is 0 Å². The van der Waals surface area contributed by atoms with Gasteiger partial charge in [-0.1, -0.05) is 109 Å². The number of hydrogen-bond acceptors (Lipinski definition) is 0. The smallest absolute Gasteiger partial charge is 0.0814 e. The van der Waals surface area contributed by atoms with Gasteiger partial charge in [0.1, 0.15) is 0 Å². The Bertz CT molecular complexity index is 854. The van der Waals surface area contributed by atoms with E-state index < -0.39 is 6.15 Å². The van der Waals surface area contributed by atoms with Crippen LogP contribution in [0.1, 0.15) is 64.2 Å². The molecule has 3 rings (SSSR count). The zero-order chi connectivity index (χ0) is 25.9. The molecule has 0 aliphatic rings. The Balaban J connectivity index is 0.000000410. The second-order valence-corrected chi connectivity index (χ2v) is 10.5. The average molecular weight is 472 g/mol. The first-order chi connectivity index (χ1) is 16.8. The van der Waals surface area contributed by atoms with Crippen LogP contribution in [-0.2, 0) is 0 Å². The molecule has 0 unspecified atom stereocenters. The van der Waals surface area contributed by atoms with Crippen LogP contribution in [-0.4, -0.2) is 36.8 Å². The number of nitrogens with zero attached hydrogens (tertiary/aromatic N) is 1. The minimum atomic E-state index is -0.957. The summed E-state index contributed by atoms with van der Waals surface area (Å²) >= 11 is 0. The molecule has 35 heavy (non-hydrogen) atoms. The summed E-state index contributed by atoms with van der Waals surface area (Å²) in [7, 11) is 0. The highest BCUT2D eigenvalue weighted by Gasteiger charge is 2.29. The van der Waals surface area contributed by atoms with Crippen LogP contribution >= 0.6 is 0 Å². The maximum atomic E-state index is 2.35. The first-order valence-electron chi connectivity index (χ1n) is 14.0. The van der Waals surface area contributed by atoms with Crippen molar-refractivity contribution in [2.45, 2.75) is 74.6 Å². The Morgan fingerprint density at radius 3 is 0.971 bits per heavy atom. The minimum Gasteiger partial charge on any atom is -0.325 e. The fraction of sp³-hybridized carbons (Fsp3) is 0.455. The molecule has 0 aliphatic carbocycles. The lowest BCUT2D eigenvalue weighted by molar-refractivity contribution is -0.921. The third-order valence-corrected chi connectivity index (χ3v) is 8.61. The predicted molar refractivity (Wildman–Crippen MR) is 160 cm³/mol. The van der Waals surface area contributed by atoms with Crippen LogP contribution in [0.2, 0.25) is 6.32 Å². The van der Waals surface area contributed by atoms with Crippen molar-refractivity contribution in [1.29, 1.82) is 0 Å². The van der Waals surface area contributed by atoms with Gasteiger partial charge >= 0.3 is 0 Å². The van der Waals surface area contributed by atoms with Gasteiger partial charge < -0.3 is 4.48 Å². The molecule has 3 aromatic rings. The highest BCUT2D eigenvalue weighted by molar-refractivity contribution is 7.11. The minimum absolute atomic E-state index is 0.957. The van der Waals surface area contributed by atoms with Crippen LogP contribution in [0.4, 0.5) is 0 Å². The van der Waals surface area contributed by atoms with Gasteiger partial charge in [0.05, 0.1) is 32.3 Å². The molecule has 0 aromatic heterocycles. The van der Waals surface area contributed by atoms with Gasteiger partial charge in [0.25, 0.3) is 0 Å². The van der Waals surface area contributed by atoms with E-state index in [4.69, 9.17) is 0 Å². The first-order valence-corrected chi connectivity index (χ1v) is 14.0. The van der Waals surface area contributed by atoms with E-state index in [1.54, 1.807) is 0 Å². The highest BCUT2D eigenvalue weighted by Crippen LogP contribution is 2.17. The second-order valence-electron chi connectivity index (χ2n) is 10.5. The lowest BCUT2D eigenvalue weighted by Crippen LogP contribution is -2.67. The summed E-state index contributed by atoms with van der Waals surface area (Å²) in [5.74, 6) is 0. The first kappa shape index (κ1) is 28.9. The fourth-order valence-corrected chi connectivity index (χ4v) is 5.61. The van der Waals surface area contributed by atoms with Crippen LogP contribution < -0.4 is 16.4 Å². The zero-order valence-electron chi connectivity index (χ0n) is 23.9. The molecule has 0 heterocycles. The van der Waals surface area contributed by atoms with Gasteiger partial charge in [-0.05, 0) is 48.5 Å². The summed E-state index contributed by atoms with van der Waals surface area (Å²) in [6, 6.07) is 27.7. The van der Waals surface area contributed by atoms with E-state index in [0.29, 0.717) is 0 Å².